The minimum Gasteiger partial charge on any atom is -0.452 e. The summed E-state index contributed by atoms with van der Waals surface area (Å²) in [5.74, 6) is -2.12. The molecule has 1 aliphatic heterocycles. The number of esters is 1. The number of ether oxygens (including phenoxy) is 1. The Labute approximate surface area is 166 Å². The second kappa shape index (κ2) is 8.47. The molecule has 0 bridgehead atoms. The summed E-state index contributed by atoms with van der Waals surface area (Å²) in [4.78, 5) is 60.4. The summed E-state index contributed by atoms with van der Waals surface area (Å²) < 4.78 is 5.00. The maximum absolute atomic E-state index is 12.2. The van der Waals surface area contributed by atoms with Crippen molar-refractivity contribution in [1.29, 1.82) is 0 Å². The van der Waals surface area contributed by atoms with Gasteiger partial charge in [0.25, 0.3) is 5.91 Å². The Hall–Kier alpha value is -3.81. The van der Waals surface area contributed by atoms with Crippen LogP contribution in [0.4, 0.5) is 11.4 Å². The monoisotopic (exact) mass is 394 g/mol. The van der Waals surface area contributed by atoms with Crippen LogP contribution < -0.4 is 10.2 Å². The minimum atomic E-state index is -0.765. The smallest absolute Gasteiger partial charge is 0.338 e. The summed E-state index contributed by atoms with van der Waals surface area (Å²) in [7, 11) is 0. The first kappa shape index (κ1) is 19.9. The van der Waals surface area contributed by atoms with Crippen LogP contribution in [0.15, 0.2) is 48.5 Å². The highest BCUT2D eigenvalue weighted by Crippen LogP contribution is 2.23. The average molecular weight is 394 g/mol. The lowest BCUT2D eigenvalue weighted by Crippen LogP contribution is -2.28. The van der Waals surface area contributed by atoms with Crippen molar-refractivity contribution in [2.45, 2.75) is 19.8 Å². The number of rotatable bonds is 6. The molecule has 3 amide bonds. The molecule has 0 saturated carbocycles. The van der Waals surface area contributed by atoms with Gasteiger partial charge in [-0.05, 0) is 37.3 Å². The lowest BCUT2D eigenvalue weighted by atomic mass is 10.1. The van der Waals surface area contributed by atoms with Crippen molar-refractivity contribution in [3.8, 4) is 0 Å². The molecule has 0 aliphatic carbocycles. The first-order valence-electron chi connectivity index (χ1n) is 8.89. The molecule has 1 N–H and O–H groups in total. The summed E-state index contributed by atoms with van der Waals surface area (Å²) in [6.45, 7) is 0.884. The molecule has 1 heterocycles. The molecule has 1 aliphatic rings. The van der Waals surface area contributed by atoms with Gasteiger partial charge in [-0.3, -0.25) is 24.1 Å². The molecule has 2 aromatic carbocycles. The van der Waals surface area contributed by atoms with Crippen molar-refractivity contribution in [1.82, 2.24) is 0 Å². The van der Waals surface area contributed by atoms with Crippen LogP contribution in [0.25, 0.3) is 0 Å². The second-order valence-corrected chi connectivity index (χ2v) is 6.43. The van der Waals surface area contributed by atoms with Crippen molar-refractivity contribution in [3.63, 3.8) is 0 Å². The molecular formula is C21H18N2O6. The maximum atomic E-state index is 12.2. The number of carbonyl (C=O) groups excluding carboxylic acids is 5. The van der Waals surface area contributed by atoms with Crippen LogP contribution in [0.1, 0.15) is 40.5 Å². The Bertz CT molecular complexity index is 998. The van der Waals surface area contributed by atoms with Crippen molar-refractivity contribution in [3.05, 3.63) is 59.7 Å². The molecular weight excluding hydrogens is 376 g/mol. The third-order valence-electron chi connectivity index (χ3n) is 4.28. The molecule has 8 heteroatoms. The molecule has 1 saturated heterocycles. The van der Waals surface area contributed by atoms with Crippen molar-refractivity contribution in [2.75, 3.05) is 16.8 Å². The number of hydrogen-bond donors (Lipinski definition) is 1. The van der Waals surface area contributed by atoms with Crippen molar-refractivity contribution in [2.24, 2.45) is 0 Å². The molecule has 29 heavy (non-hydrogen) atoms. The van der Waals surface area contributed by atoms with Gasteiger partial charge in [0.1, 0.15) is 0 Å². The normalized spacial score (nSPS) is 13.3. The van der Waals surface area contributed by atoms with Crippen LogP contribution in [0.3, 0.4) is 0 Å². The van der Waals surface area contributed by atoms with Crippen LogP contribution in [0, 0.1) is 0 Å². The van der Waals surface area contributed by atoms with E-state index in [9.17, 15) is 24.0 Å². The molecule has 0 aromatic heterocycles. The molecule has 2 aromatic rings. The summed E-state index contributed by atoms with van der Waals surface area (Å²) >= 11 is 0. The number of imide groups is 1. The van der Waals surface area contributed by atoms with E-state index in [4.69, 9.17) is 4.74 Å². The van der Waals surface area contributed by atoms with E-state index in [1.54, 1.807) is 24.3 Å². The van der Waals surface area contributed by atoms with Gasteiger partial charge in [-0.1, -0.05) is 18.2 Å². The number of ketones is 1. The van der Waals surface area contributed by atoms with Gasteiger partial charge in [0.15, 0.2) is 12.4 Å². The van der Waals surface area contributed by atoms with E-state index >= 15 is 0 Å². The van der Waals surface area contributed by atoms with E-state index in [0.29, 0.717) is 11.3 Å². The molecule has 0 unspecified atom stereocenters. The number of carbonyl (C=O) groups is 5. The number of hydrogen-bond acceptors (Lipinski definition) is 6. The number of nitrogens with zero attached hydrogens (tertiary/aromatic N) is 1. The predicted octanol–water partition coefficient (Wildman–Crippen LogP) is 2.34. The third-order valence-corrected chi connectivity index (χ3v) is 4.28. The zero-order valence-electron chi connectivity index (χ0n) is 15.6. The predicted molar refractivity (Wildman–Crippen MR) is 104 cm³/mol. The van der Waals surface area contributed by atoms with Crippen LogP contribution in [-0.2, 0) is 19.1 Å². The van der Waals surface area contributed by atoms with Gasteiger partial charge in [-0.25, -0.2) is 4.79 Å². The first-order valence-corrected chi connectivity index (χ1v) is 8.89. The molecule has 0 atom stereocenters. The van der Waals surface area contributed by atoms with Gasteiger partial charge in [-0.2, -0.15) is 0 Å². The summed E-state index contributed by atoms with van der Waals surface area (Å²) in [6, 6.07) is 12.3. The van der Waals surface area contributed by atoms with E-state index in [2.05, 4.69) is 5.32 Å². The van der Waals surface area contributed by atoms with Gasteiger partial charge < -0.3 is 10.1 Å². The van der Waals surface area contributed by atoms with Gasteiger partial charge in [0.05, 0.1) is 11.3 Å². The quantitative estimate of drug-likeness (QED) is 0.457. The van der Waals surface area contributed by atoms with E-state index in [-0.39, 0.29) is 41.7 Å². The van der Waals surface area contributed by atoms with Crippen molar-refractivity contribution < 1.29 is 28.7 Å². The van der Waals surface area contributed by atoms with Crippen LogP contribution in [0.2, 0.25) is 0 Å². The van der Waals surface area contributed by atoms with Gasteiger partial charge in [0, 0.05) is 24.1 Å². The Balaban J connectivity index is 1.61. The van der Waals surface area contributed by atoms with Crippen molar-refractivity contribution >= 4 is 40.8 Å². The Kier molecular flexibility index (Phi) is 5.82. The molecule has 8 nitrogen and oxygen atoms in total. The molecule has 148 valence electrons. The van der Waals surface area contributed by atoms with Gasteiger partial charge >= 0.3 is 5.97 Å². The highest BCUT2D eigenvalue weighted by Gasteiger charge is 2.30. The fourth-order valence-electron chi connectivity index (χ4n) is 2.86. The lowest BCUT2D eigenvalue weighted by Gasteiger charge is -2.14. The van der Waals surface area contributed by atoms with Crippen LogP contribution in [0.5, 0.6) is 0 Å². The first-order chi connectivity index (χ1) is 13.8. The lowest BCUT2D eigenvalue weighted by molar-refractivity contribution is -0.121. The molecule has 0 radical (unpaired) electrons. The largest absolute Gasteiger partial charge is 0.452 e. The van der Waals surface area contributed by atoms with Gasteiger partial charge in [-0.15, -0.1) is 0 Å². The van der Waals surface area contributed by atoms with Gasteiger partial charge in [0.2, 0.25) is 11.8 Å². The highest BCUT2D eigenvalue weighted by atomic mass is 16.5. The molecule has 0 spiro atoms. The molecule has 1 fully saturated rings. The van der Waals surface area contributed by atoms with E-state index < -0.39 is 18.5 Å². The summed E-state index contributed by atoms with van der Waals surface area (Å²) in [5.41, 5.74) is 1.26. The minimum absolute atomic E-state index is 0.112. The number of amides is 3. The standard InChI is InChI=1S/C21H18N2O6/c1-13(24)14-4-2-6-16(10-14)22-18(25)12-29-21(28)15-5-3-7-17(11-15)23-19(26)8-9-20(23)27/h2-7,10-11H,8-9,12H2,1H3,(H,22,25). The van der Waals surface area contributed by atoms with E-state index in [0.717, 1.165) is 4.90 Å². The SMILES string of the molecule is CC(=O)c1cccc(NC(=O)COC(=O)c2cccc(N3C(=O)CCC3=O)c2)c1. The zero-order valence-corrected chi connectivity index (χ0v) is 15.6. The number of nitrogens with one attached hydrogen (secondary N) is 1. The topological polar surface area (TPSA) is 110 Å². The average Bonchev–Trinajstić information content (AvgIpc) is 3.04. The number of anilines is 2. The van der Waals surface area contributed by atoms with E-state index in [1.807, 2.05) is 0 Å². The number of benzene rings is 2. The maximum Gasteiger partial charge on any atom is 0.338 e. The van der Waals surface area contributed by atoms with Crippen LogP contribution >= 0.6 is 0 Å². The Morgan fingerprint density at radius 2 is 1.62 bits per heavy atom. The van der Waals surface area contributed by atoms with E-state index in [1.165, 1.54) is 31.2 Å². The Morgan fingerprint density at radius 1 is 0.966 bits per heavy atom. The summed E-state index contributed by atoms with van der Waals surface area (Å²) in [5, 5.41) is 2.55. The van der Waals surface area contributed by atoms with Crippen LogP contribution in [-0.4, -0.2) is 36.1 Å². The zero-order chi connectivity index (χ0) is 21.0. The second-order valence-electron chi connectivity index (χ2n) is 6.43. The fraction of sp³-hybridized carbons (Fsp3) is 0.190. The highest BCUT2D eigenvalue weighted by molar-refractivity contribution is 6.20. The fourth-order valence-corrected chi connectivity index (χ4v) is 2.86. The Morgan fingerprint density at radius 3 is 2.31 bits per heavy atom. The molecule has 3 rings (SSSR count). The number of Topliss-reactive ketones (excluding diaryl/α,β-unsaturated/α-hetero) is 1. The third kappa shape index (κ3) is 4.73. The summed E-state index contributed by atoms with van der Waals surface area (Å²) in [6.07, 6.45) is 0.275.